The van der Waals surface area contributed by atoms with E-state index >= 15 is 0 Å². The molecule has 120 valence electrons. The fourth-order valence-electron chi connectivity index (χ4n) is 2.04. The van der Waals surface area contributed by atoms with Gasteiger partial charge in [-0.05, 0) is 42.0 Å². The van der Waals surface area contributed by atoms with Gasteiger partial charge in [0.25, 0.3) is 0 Å². The Morgan fingerprint density at radius 2 is 2.18 bits per heavy atom. The number of ether oxygens (including phenoxy) is 1. The van der Waals surface area contributed by atoms with Crippen molar-refractivity contribution in [1.29, 1.82) is 0 Å². The molecule has 1 aromatic carbocycles. The Morgan fingerprint density at radius 3 is 2.82 bits per heavy atom. The van der Waals surface area contributed by atoms with Crippen LogP contribution in [0.3, 0.4) is 0 Å². The van der Waals surface area contributed by atoms with Gasteiger partial charge < -0.3 is 15.8 Å². The lowest BCUT2D eigenvalue weighted by atomic mass is 10.1. The van der Waals surface area contributed by atoms with Crippen LogP contribution in [0.4, 0.5) is 0 Å². The molecule has 0 fully saturated rings. The van der Waals surface area contributed by atoms with Crippen LogP contribution in [0, 0.1) is 6.92 Å². The number of benzene rings is 1. The van der Waals surface area contributed by atoms with Crippen LogP contribution < -0.4 is 15.8 Å². The van der Waals surface area contributed by atoms with Crippen LogP contribution in [-0.2, 0) is 13.0 Å². The number of methoxy groups -OCH3 is 1. The first kappa shape index (κ1) is 18.8. The number of thiophene rings is 1. The molecule has 0 aliphatic rings. The van der Waals surface area contributed by atoms with Crippen LogP contribution in [0.15, 0.2) is 40.7 Å². The van der Waals surface area contributed by atoms with Crippen molar-refractivity contribution < 1.29 is 4.74 Å². The number of nitrogens with zero attached hydrogens (tertiary/aromatic N) is 1. The quantitative estimate of drug-likeness (QED) is 0.419. The molecular weight excluding hydrogens is 409 g/mol. The molecule has 2 aromatic rings. The monoisotopic (exact) mass is 431 g/mol. The average Bonchev–Trinajstić information content (AvgIpc) is 2.98. The van der Waals surface area contributed by atoms with E-state index in [2.05, 4.69) is 33.9 Å². The zero-order chi connectivity index (χ0) is 15.1. The number of aliphatic imine (C=N–C) groups is 1. The van der Waals surface area contributed by atoms with Crippen molar-refractivity contribution in [3.63, 3.8) is 0 Å². The van der Waals surface area contributed by atoms with Gasteiger partial charge in [-0.25, -0.2) is 4.99 Å². The van der Waals surface area contributed by atoms with E-state index in [-0.39, 0.29) is 24.0 Å². The van der Waals surface area contributed by atoms with Gasteiger partial charge in [0, 0.05) is 11.4 Å². The predicted molar refractivity (Wildman–Crippen MR) is 104 cm³/mol. The molecule has 0 atom stereocenters. The summed E-state index contributed by atoms with van der Waals surface area (Å²) in [4.78, 5) is 5.70. The summed E-state index contributed by atoms with van der Waals surface area (Å²) >= 11 is 1.76. The second-order valence-electron chi connectivity index (χ2n) is 4.76. The van der Waals surface area contributed by atoms with Crippen molar-refractivity contribution in [2.24, 2.45) is 10.7 Å². The smallest absolute Gasteiger partial charge is 0.188 e. The van der Waals surface area contributed by atoms with E-state index < -0.39 is 0 Å². The Bertz CT molecular complexity index is 599. The highest BCUT2D eigenvalue weighted by Gasteiger charge is 2.00. The van der Waals surface area contributed by atoms with Gasteiger partial charge in [-0.1, -0.05) is 18.2 Å². The van der Waals surface area contributed by atoms with E-state index in [0.717, 1.165) is 29.8 Å². The lowest BCUT2D eigenvalue weighted by molar-refractivity contribution is 0.411. The summed E-state index contributed by atoms with van der Waals surface area (Å²) in [6.07, 6.45) is 0.968. The van der Waals surface area contributed by atoms with Crippen molar-refractivity contribution in [1.82, 2.24) is 5.32 Å². The molecule has 0 aliphatic carbocycles. The number of guanidine groups is 1. The first-order chi connectivity index (χ1) is 10.2. The van der Waals surface area contributed by atoms with Crippen LogP contribution in [0.2, 0.25) is 0 Å². The maximum absolute atomic E-state index is 5.87. The summed E-state index contributed by atoms with van der Waals surface area (Å²) in [5.74, 6) is 1.38. The van der Waals surface area contributed by atoms with E-state index in [1.54, 1.807) is 18.4 Å². The molecule has 0 radical (unpaired) electrons. The highest BCUT2D eigenvalue weighted by Crippen LogP contribution is 2.18. The molecule has 0 saturated heterocycles. The first-order valence-corrected chi connectivity index (χ1v) is 7.76. The molecule has 0 saturated carbocycles. The molecule has 6 heteroatoms. The normalized spacial score (nSPS) is 10.9. The molecule has 0 unspecified atom stereocenters. The second kappa shape index (κ2) is 9.68. The lowest BCUT2D eigenvalue weighted by Gasteiger charge is -2.07. The maximum atomic E-state index is 5.87. The molecule has 0 aliphatic heterocycles. The number of rotatable bonds is 6. The average molecular weight is 431 g/mol. The van der Waals surface area contributed by atoms with Gasteiger partial charge in [0.2, 0.25) is 0 Å². The van der Waals surface area contributed by atoms with E-state index in [4.69, 9.17) is 10.5 Å². The van der Waals surface area contributed by atoms with Gasteiger partial charge in [0.05, 0.1) is 13.7 Å². The molecule has 3 N–H and O–H groups in total. The van der Waals surface area contributed by atoms with Crippen LogP contribution >= 0.6 is 35.3 Å². The Kier molecular flexibility index (Phi) is 8.26. The molecule has 22 heavy (non-hydrogen) atoms. The van der Waals surface area contributed by atoms with E-state index in [9.17, 15) is 0 Å². The van der Waals surface area contributed by atoms with Crippen LogP contribution in [0.5, 0.6) is 5.75 Å². The maximum Gasteiger partial charge on any atom is 0.188 e. The molecule has 1 aromatic heterocycles. The third-order valence-electron chi connectivity index (χ3n) is 3.15. The minimum atomic E-state index is 0. The zero-order valence-corrected chi connectivity index (χ0v) is 16.0. The molecular formula is C16H22IN3OS. The number of hydrogen-bond acceptors (Lipinski definition) is 3. The summed E-state index contributed by atoms with van der Waals surface area (Å²) in [7, 11) is 1.68. The van der Waals surface area contributed by atoms with E-state index in [1.807, 2.05) is 19.1 Å². The highest BCUT2D eigenvalue weighted by molar-refractivity contribution is 14.0. The van der Waals surface area contributed by atoms with Crippen molar-refractivity contribution in [2.75, 3.05) is 13.7 Å². The largest absolute Gasteiger partial charge is 0.496 e. The number of nitrogens with one attached hydrogen (secondary N) is 1. The summed E-state index contributed by atoms with van der Waals surface area (Å²) in [5.41, 5.74) is 8.10. The summed E-state index contributed by atoms with van der Waals surface area (Å²) in [5, 5.41) is 5.22. The standard InChI is InChI=1S/C16H21N3OS.HI/c1-12-10-13(5-6-15(12)20-2)11-19-16(17)18-8-7-14-4-3-9-21-14;/h3-6,9-10H,7-8,11H2,1-2H3,(H3,17,18,19);1H. The number of halogens is 1. The van der Waals surface area contributed by atoms with E-state index in [1.165, 1.54) is 4.88 Å². The van der Waals surface area contributed by atoms with Gasteiger partial charge in [0.1, 0.15) is 5.75 Å². The molecule has 2 rings (SSSR count). The van der Waals surface area contributed by atoms with E-state index in [0.29, 0.717) is 12.5 Å². The SMILES string of the molecule is COc1ccc(CN=C(N)NCCc2cccs2)cc1C.I. The highest BCUT2D eigenvalue weighted by atomic mass is 127. The lowest BCUT2D eigenvalue weighted by Crippen LogP contribution is -2.33. The van der Waals surface area contributed by atoms with Gasteiger partial charge in [0.15, 0.2) is 5.96 Å². The Labute approximate surface area is 152 Å². The van der Waals surface area contributed by atoms with Crippen molar-refractivity contribution in [3.8, 4) is 5.75 Å². The first-order valence-electron chi connectivity index (χ1n) is 6.88. The number of aryl methyl sites for hydroxylation is 1. The predicted octanol–water partition coefficient (Wildman–Crippen LogP) is 3.33. The number of hydrogen-bond donors (Lipinski definition) is 2. The summed E-state index contributed by atoms with van der Waals surface area (Å²) in [6, 6.07) is 10.2. The van der Waals surface area contributed by atoms with Crippen molar-refractivity contribution >= 4 is 41.3 Å². The fourth-order valence-corrected chi connectivity index (χ4v) is 2.75. The Hall–Kier alpha value is -1.28. The van der Waals surface area contributed by atoms with Crippen LogP contribution in [0.25, 0.3) is 0 Å². The van der Waals surface area contributed by atoms with Gasteiger partial charge >= 0.3 is 0 Å². The molecule has 0 bridgehead atoms. The third kappa shape index (κ3) is 5.84. The molecule has 0 spiro atoms. The van der Waals surface area contributed by atoms with Gasteiger partial charge in [-0.3, -0.25) is 0 Å². The van der Waals surface area contributed by atoms with Crippen molar-refractivity contribution in [3.05, 3.63) is 51.7 Å². The zero-order valence-electron chi connectivity index (χ0n) is 12.8. The van der Waals surface area contributed by atoms with Gasteiger partial charge in [-0.15, -0.1) is 35.3 Å². The minimum Gasteiger partial charge on any atom is -0.496 e. The van der Waals surface area contributed by atoms with Crippen LogP contribution in [-0.4, -0.2) is 19.6 Å². The number of nitrogens with two attached hydrogens (primary N) is 1. The molecule has 0 amide bonds. The minimum absolute atomic E-state index is 0. The molecule has 1 heterocycles. The third-order valence-corrected chi connectivity index (χ3v) is 4.09. The topological polar surface area (TPSA) is 59.6 Å². The van der Waals surface area contributed by atoms with Crippen LogP contribution in [0.1, 0.15) is 16.0 Å². The second-order valence-corrected chi connectivity index (χ2v) is 5.79. The summed E-state index contributed by atoms with van der Waals surface area (Å²) in [6.45, 7) is 3.40. The molecule has 4 nitrogen and oxygen atoms in total. The van der Waals surface area contributed by atoms with Gasteiger partial charge in [-0.2, -0.15) is 0 Å². The Balaban J connectivity index is 0.00000242. The summed E-state index contributed by atoms with van der Waals surface area (Å²) < 4.78 is 5.24. The Morgan fingerprint density at radius 1 is 1.36 bits per heavy atom. The fraction of sp³-hybridized carbons (Fsp3) is 0.312. The van der Waals surface area contributed by atoms with Crippen molar-refractivity contribution in [2.45, 2.75) is 19.9 Å².